The summed E-state index contributed by atoms with van der Waals surface area (Å²) in [6.07, 6.45) is 2.39. The van der Waals surface area contributed by atoms with Crippen LogP contribution in [0.5, 0.6) is 0 Å². The fourth-order valence-corrected chi connectivity index (χ4v) is 2.67. The first-order chi connectivity index (χ1) is 10.3. The first-order valence-electron chi connectivity index (χ1n) is 8.85. The standard InChI is InChI=1S/C17H37N5.HI/c1-7-18-16(19-10-11-20-17(4,5)6)21-15-8-12-22(13-9-15)14(2)3;/h14-15,20H,7-13H2,1-6H3,(H2,18,19,21);1H. The Hall–Kier alpha value is -0.0800. The van der Waals surface area contributed by atoms with Crippen molar-refractivity contribution in [2.24, 2.45) is 4.99 Å². The van der Waals surface area contributed by atoms with Crippen molar-refractivity contribution in [3.63, 3.8) is 0 Å². The Morgan fingerprint density at radius 2 is 1.83 bits per heavy atom. The van der Waals surface area contributed by atoms with Crippen LogP contribution >= 0.6 is 24.0 Å². The van der Waals surface area contributed by atoms with Crippen LogP contribution in [0.3, 0.4) is 0 Å². The average molecular weight is 439 g/mol. The van der Waals surface area contributed by atoms with Gasteiger partial charge in [0.25, 0.3) is 0 Å². The van der Waals surface area contributed by atoms with Gasteiger partial charge in [-0.3, -0.25) is 4.99 Å². The highest BCUT2D eigenvalue weighted by molar-refractivity contribution is 14.0. The third-order valence-electron chi connectivity index (χ3n) is 3.98. The van der Waals surface area contributed by atoms with Crippen molar-refractivity contribution in [3.8, 4) is 0 Å². The lowest BCUT2D eigenvalue weighted by Gasteiger charge is -2.35. The Bertz CT molecular complexity index is 330. The number of nitrogens with zero attached hydrogens (tertiary/aromatic N) is 2. The number of halogens is 1. The summed E-state index contributed by atoms with van der Waals surface area (Å²) in [6.45, 7) is 18.2. The molecule has 0 aromatic carbocycles. The Morgan fingerprint density at radius 3 is 2.30 bits per heavy atom. The maximum absolute atomic E-state index is 4.68. The molecule has 0 aromatic rings. The molecule has 23 heavy (non-hydrogen) atoms. The fraction of sp³-hybridized carbons (Fsp3) is 0.941. The largest absolute Gasteiger partial charge is 0.357 e. The van der Waals surface area contributed by atoms with Gasteiger partial charge in [-0.25, -0.2) is 0 Å². The van der Waals surface area contributed by atoms with Crippen molar-refractivity contribution >= 4 is 29.9 Å². The van der Waals surface area contributed by atoms with Gasteiger partial charge in [-0.15, -0.1) is 24.0 Å². The molecule has 0 atom stereocenters. The summed E-state index contributed by atoms with van der Waals surface area (Å²) >= 11 is 0. The molecule has 0 aliphatic carbocycles. The molecule has 1 fully saturated rings. The zero-order valence-corrected chi connectivity index (χ0v) is 18.2. The van der Waals surface area contributed by atoms with Crippen molar-refractivity contribution in [3.05, 3.63) is 0 Å². The zero-order chi connectivity index (χ0) is 16.6. The number of aliphatic imine (C=N–C) groups is 1. The molecule has 0 saturated carbocycles. The van der Waals surface area contributed by atoms with Crippen LogP contribution < -0.4 is 16.0 Å². The van der Waals surface area contributed by atoms with E-state index < -0.39 is 0 Å². The van der Waals surface area contributed by atoms with Crippen LogP contribution in [0.2, 0.25) is 0 Å². The number of guanidine groups is 1. The summed E-state index contributed by atoms with van der Waals surface area (Å²) in [5, 5.41) is 10.4. The molecule has 0 unspecified atom stereocenters. The lowest BCUT2D eigenvalue weighted by Crippen LogP contribution is -2.50. The molecule has 1 saturated heterocycles. The topological polar surface area (TPSA) is 51.7 Å². The first kappa shape index (κ1) is 22.9. The Morgan fingerprint density at radius 1 is 1.22 bits per heavy atom. The third-order valence-corrected chi connectivity index (χ3v) is 3.98. The molecule has 0 aromatic heterocycles. The van der Waals surface area contributed by atoms with Gasteiger partial charge in [0.1, 0.15) is 0 Å². The second-order valence-corrected chi connectivity index (χ2v) is 7.49. The van der Waals surface area contributed by atoms with E-state index in [-0.39, 0.29) is 29.5 Å². The molecular weight excluding hydrogens is 401 g/mol. The van der Waals surface area contributed by atoms with E-state index in [1.807, 2.05) is 0 Å². The van der Waals surface area contributed by atoms with Gasteiger partial charge < -0.3 is 20.9 Å². The number of rotatable bonds is 6. The van der Waals surface area contributed by atoms with Crippen LogP contribution in [0, 0.1) is 0 Å². The molecule has 0 bridgehead atoms. The van der Waals surface area contributed by atoms with E-state index in [9.17, 15) is 0 Å². The van der Waals surface area contributed by atoms with Crippen LogP contribution in [-0.2, 0) is 0 Å². The Kier molecular flexibility index (Phi) is 11.4. The van der Waals surface area contributed by atoms with Crippen molar-refractivity contribution in [1.82, 2.24) is 20.9 Å². The van der Waals surface area contributed by atoms with Crippen LogP contribution in [0.4, 0.5) is 0 Å². The van der Waals surface area contributed by atoms with Gasteiger partial charge in [0, 0.05) is 43.8 Å². The highest BCUT2D eigenvalue weighted by atomic mass is 127. The van der Waals surface area contributed by atoms with Crippen LogP contribution in [0.1, 0.15) is 54.4 Å². The van der Waals surface area contributed by atoms with Crippen LogP contribution in [0.25, 0.3) is 0 Å². The van der Waals surface area contributed by atoms with Crippen LogP contribution in [-0.4, -0.2) is 61.2 Å². The van der Waals surface area contributed by atoms with Crippen molar-refractivity contribution in [2.45, 2.75) is 72.0 Å². The second-order valence-electron chi connectivity index (χ2n) is 7.49. The lowest BCUT2D eigenvalue weighted by molar-refractivity contribution is 0.167. The summed E-state index contributed by atoms with van der Waals surface area (Å²) in [5.41, 5.74) is 0.158. The number of hydrogen-bond acceptors (Lipinski definition) is 3. The summed E-state index contributed by atoms with van der Waals surface area (Å²) in [7, 11) is 0. The molecular formula is C17H38IN5. The lowest BCUT2D eigenvalue weighted by atomic mass is 10.0. The molecule has 1 rings (SSSR count). The van der Waals surface area contributed by atoms with Gasteiger partial charge in [-0.05, 0) is 54.4 Å². The average Bonchev–Trinajstić information content (AvgIpc) is 2.43. The smallest absolute Gasteiger partial charge is 0.191 e. The second kappa shape index (κ2) is 11.5. The van der Waals surface area contributed by atoms with Gasteiger partial charge in [-0.1, -0.05) is 0 Å². The molecule has 0 radical (unpaired) electrons. The zero-order valence-electron chi connectivity index (χ0n) is 15.9. The van der Waals surface area contributed by atoms with E-state index in [4.69, 9.17) is 0 Å². The highest BCUT2D eigenvalue weighted by Gasteiger charge is 2.21. The van der Waals surface area contributed by atoms with Gasteiger partial charge in [-0.2, -0.15) is 0 Å². The maximum atomic E-state index is 4.68. The maximum Gasteiger partial charge on any atom is 0.191 e. The molecule has 1 aliphatic rings. The molecule has 0 amide bonds. The molecule has 0 spiro atoms. The monoisotopic (exact) mass is 439 g/mol. The first-order valence-corrected chi connectivity index (χ1v) is 8.85. The van der Waals surface area contributed by atoms with Gasteiger partial charge in [0.15, 0.2) is 5.96 Å². The van der Waals surface area contributed by atoms with Gasteiger partial charge >= 0.3 is 0 Å². The summed E-state index contributed by atoms with van der Waals surface area (Å²) in [5.74, 6) is 0.959. The number of hydrogen-bond donors (Lipinski definition) is 3. The molecule has 138 valence electrons. The minimum atomic E-state index is 0. The minimum Gasteiger partial charge on any atom is -0.357 e. The number of piperidine rings is 1. The summed E-state index contributed by atoms with van der Waals surface area (Å²) in [6, 6.07) is 1.20. The Balaban J connectivity index is 0.00000484. The summed E-state index contributed by atoms with van der Waals surface area (Å²) in [4.78, 5) is 7.23. The molecule has 3 N–H and O–H groups in total. The molecule has 1 heterocycles. The fourth-order valence-electron chi connectivity index (χ4n) is 2.67. The predicted molar refractivity (Wildman–Crippen MR) is 112 cm³/mol. The van der Waals surface area contributed by atoms with Crippen molar-refractivity contribution < 1.29 is 0 Å². The molecule has 6 heteroatoms. The molecule has 1 aliphatic heterocycles. The Labute approximate surface area is 160 Å². The normalized spacial score (nSPS) is 18.0. The quantitative estimate of drug-likeness (QED) is 0.258. The highest BCUT2D eigenvalue weighted by Crippen LogP contribution is 2.12. The van der Waals surface area contributed by atoms with E-state index in [1.165, 1.54) is 25.9 Å². The van der Waals surface area contributed by atoms with Crippen molar-refractivity contribution in [2.75, 3.05) is 32.7 Å². The SMILES string of the molecule is CCNC(=NCCNC(C)(C)C)NC1CCN(C(C)C)CC1.I. The van der Waals surface area contributed by atoms with E-state index >= 15 is 0 Å². The predicted octanol–water partition coefficient (Wildman–Crippen LogP) is 2.42. The van der Waals surface area contributed by atoms with Crippen molar-refractivity contribution in [1.29, 1.82) is 0 Å². The van der Waals surface area contributed by atoms with Gasteiger partial charge in [0.05, 0.1) is 6.54 Å². The van der Waals surface area contributed by atoms with E-state index in [0.717, 1.165) is 25.6 Å². The van der Waals surface area contributed by atoms with Gasteiger partial charge in [0.2, 0.25) is 0 Å². The third kappa shape index (κ3) is 10.4. The number of likely N-dealkylation sites (tertiary alicyclic amines) is 1. The number of nitrogens with one attached hydrogen (secondary N) is 3. The van der Waals surface area contributed by atoms with E-state index in [1.54, 1.807) is 0 Å². The summed E-state index contributed by atoms with van der Waals surface area (Å²) < 4.78 is 0. The minimum absolute atomic E-state index is 0. The van der Waals surface area contributed by atoms with Crippen LogP contribution in [0.15, 0.2) is 4.99 Å². The van der Waals surface area contributed by atoms with E-state index in [0.29, 0.717) is 12.1 Å². The molecule has 5 nitrogen and oxygen atoms in total. The van der Waals surface area contributed by atoms with E-state index in [2.05, 4.69) is 67.4 Å².